The van der Waals surface area contributed by atoms with E-state index in [0.29, 0.717) is 5.03 Å². The topological polar surface area (TPSA) is 78.1 Å². The summed E-state index contributed by atoms with van der Waals surface area (Å²) in [5.41, 5.74) is 6.24. The summed E-state index contributed by atoms with van der Waals surface area (Å²) in [4.78, 5) is 18.9. The number of methoxy groups -OCH3 is 1. The van der Waals surface area contributed by atoms with E-state index in [9.17, 15) is 4.79 Å². The lowest BCUT2D eigenvalue weighted by Crippen LogP contribution is -2.05. The smallest absolute Gasteiger partial charge is 0.316 e. The Bertz CT molecular complexity index is 392. The molecular formula is C8H11BrClN3O2S. The first-order chi connectivity index (χ1) is 7.04. The van der Waals surface area contributed by atoms with E-state index in [4.69, 9.17) is 5.73 Å². The van der Waals surface area contributed by atoms with Crippen molar-refractivity contribution >= 4 is 52.0 Å². The quantitative estimate of drug-likeness (QED) is 0.518. The number of aromatic nitrogens is 2. The van der Waals surface area contributed by atoms with Crippen LogP contribution < -0.4 is 5.73 Å². The fourth-order valence-electron chi connectivity index (χ4n) is 0.836. The van der Waals surface area contributed by atoms with Gasteiger partial charge < -0.3 is 10.5 Å². The molecule has 0 bridgehead atoms. The van der Waals surface area contributed by atoms with Crippen molar-refractivity contribution in [3.8, 4) is 0 Å². The van der Waals surface area contributed by atoms with Crippen LogP contribution in [-0.2, 0) is 9.53 Å². The molecule has 1 aromatic heterocycles. The molecule has 0 aliphatic carbocycles. The predicted octanol–water partition coefficient (Wildman–Crippen LogP) is 1.82. The second-order valence-corrected chi connectivity index (χ2v) is 4.41. The van der Waals surface area contributed by atoms with Crippen LogP contribution in [0.4, 0.5) is 5.95 Å². The molecule has 0 amide bonds. The van der Waals surface area contributed by atoms with Crippen LogP contribution in [0.2, 0.25) is 0 Å². The molecule has 0 fully saturated rings. The van der Waals surface area contributed by atoms with Crippen molar-refractivity contribution in [3.05, 3.63) is 10.2 Å². The molecule has 1 rings (SSSR count). The van der Waals surface area contributed by atoms with Crippen molar-refractivity contribution in [2.45, 2.75) is 11.9 Å². The number of esters is 1. The standard InChI is InChI=1S/C8H10BrN3O2S.ClH/c1-4-6(9)7(12-8(10)11-4)15-3-5(13)14-2;/h3H2,1-2H3,(H2,10,11,12);1H. The third-order valence-corrected chi connectivity index (χ3v) is 3.72. The molecule has 1 aromatic rings. The minimum absolute atomic E-state index is 0. The average molecular weight is 329 g/mol. The predicted molar refractivity (Wildman–Crippen MR) is 68.9 cm³/mol. The summed E-state index contributed by atoms with van der Waals surface area (Å²) < 4.78 is 5.28. The molecule has 0 aliphatic heterocycles. The third-order valence-electron chi connectivity index (χ3n) is 1.56. The summed E-state index contributed by atoms with van der Waals surface area (Å²) >= 11 is 4.59. The summed E-state index contributed by atoms with van der Waals surface area (Å²) in [5, 5.41) is 0.644. The maximum atomic E-state index is 10.9. The van der Waals surface area contributed by atoms with Crippen molar-refractivity contribution < 1.29 is 9.53 Å². The number of nitrogens with two attached hydrogens (primary N) is 1. The molecule has 0 saturated carbocycles. The number of ether oxygens (including phenoxy) is 1. The number of carbonyl (C=O) groups is 1. The number of nitrogen functional groups attached to an aromatic ring is 1. The van der Waals surface area contributed by atoms with Crippen LogP contribution in [0.15, 0.2) is 9.50 Å². The largest absolute Gasteiger partial charge is 0.468 e. The van der Waals surface area contributed by atoms with Crippen LogP contribution in [0.1, 0.15) is 5.69 Å². The lowest BCUT2D eigenvalue weighted by molar-refractivity contribution is -0.137. The van der Waals surface area contributed by atoms with Crippen molar-refractivity contribution in [2.24, 2.45) is 0 Å². The maximum absolute atomic E-state index is 10.9. The number of rotatable bonds is 3. The average Bonchev–Trinajstić information content (AvgIpc) is 2.20. The van der Waals surface area contributed by atoms with Gasteiger partial charge in [-0.05, 0) is 22.9 Å². The molecule has 8 heteroatoms. The molecular weight excluding hydrogens is 318 g/mol. The minimum Gasteiger partial charge on any atom is -0.468 e. The van der Waals surface area contributed by atoms with Gasteiger partial charge in [-0.25, -0.2) is 9.97 Å². The molecule has 0 radical (unpaired) electrons. The maximum Gasteiger partial charge on any atom is 0.316 e. The zero-order valence-corrected chi connectivity index (χ0v) is 11.9. The van der Waals surface area contributed by atoms with Crippen molar-refractivity contribution in [2.75, 3.05) is 18.6 Å². The van der Waals surface area contributed by atoms with E-state index in [0.717, 1.165) is 10.2 Å². The summed E-state index contributed by atoms with van der Waals surface area (Å²) in [7, 11) is 1.34. The molecule has 0 aromatic carbocycles. The van der Waals surface area contributed by atoms with Gasteiger partial charge in [-0.2, -0.15) is 0 Å². The van der Waals surface area contributed by atoms with Crippen LogP contribution in [0, 0.1) is 6.92 Å². The fraction of sp³-hybridized carbons (Fsp3) is 0.375. The SMILES string of the molecule is COC(=O)CSc1nc(N)nc(C)c1Br.Cl. The molecule has 0 saturated heterocycles. The first-order valence-corrected chi connectivity index (χ1v) is 5.81. The summed E-state index contributed by atoms with van der Waals surface area (Å²) in [6.45, 7) is 1.81. The Hall–Kier alpha value is -0.530. The minimum atomic E-state index is -0.304. The van der Waals surface area contributed by atoms with E-state index in [1.54, 1.807) is 0 Å². The van der Waals surface area contributed by atoms with E-state index in [2.05, 4.69) is 30.6 Å². The van der Waals surface area contributed by atoms with E-state index in [-0.39, 0.29) is 30.1 Å². The first kappa shape index (κ1) is 15.5. The van der Waals surface area contributed by atoms with Crippen LogP contribution in [0.3, 0.4) is 0 Å². The summed E-state index contributed by atoms with van der Waals surface area (Å²) in [6.07, 6.45) is 0. The van der Waals surface area contributed by atoms with Crippen molar-refractivity contribution in [1.29, 1.82) is 0 Å². The van der Waals surface area contributed by atoms with Crippen LogP contribution in [-0.4, -0.2) is 28.8 Å². The van der Waals surface area contributed by atoms with Gasteiger partial charge in [0.2, 0.25) is 5.95 Å². The molecule has 0 spiro atoms. The van der Waals surface area contributed by atoms with Gasteiger partial charge in [0.15, 0.2) is 0 Å². The molecule has 0 atom stereocenters. The highest BCUT2D eigenvalue weighted by molar-refractivity contribution is 9.10. The second kappa shape index (κ2) is 6.93. The van der Waals surface area contributed by atoms with E-state index >= 15 is 0 Å². The Balaban J connectivity index is 0.00000225. The monoisotopic (exact) mass is 327 g/mol. The first-order valence-electron chi connectivity index (χ1n) is 4.03. The molecule has 0 unspecified atom stereocenters. The Kier molecular flexibility index (Phi) is 6.70. The Morgan fingerprint density at radius 1 is 1.56 bits per heavy atom. The van der Waals surface area contributed by atoms with E-state index in [1.165, 1.54) is 18.9 Å². The molecule has 90 valence electrons. The normalized spacial score (nSPS) is 9.44. The van der Waals surface area contributed by atoms with Gasteiger partial charge in [-0.15, -0.1) is 12.4 Å². The molecule has 5 nitrogen and oxygen atoms in total. The Labute approximate surface area is 112 Å². The van der Waals surface area contributed by atoms with Gasteiger partial charge >= 0.3 is 5.97 Å². The zero-order chi connectivity index (χ0) is 11.4. The highest BCUT2D eigenvalue weighted by Crippen LogP contribution is 2.27. The fourth-order valence-corrected chi connectivity index (χ4v) is 2.16. The highest BCUT2D eigenvalue weighted by atomic mass is 79.9. The molecule has 1 heterocycles. The molecule has 16 heavy (non-hydrogen) atoms. The lowest BCUT2D eigenvalue weighted by Gasteiger charge is -2.05. The number of anilines is 1. The number of aryl methyl sites for hydroxylation is 1. The van der Waals surface area contributed by atoms with Gasteiger partial charge in [0.1, 0.15) is 5.03 Å². The summed E-state index contributed by atoms with van der Waals surface area (Å²) in [6, 6.07) is 0. The summed E-state index contributed by atoms with van der Waals surface area (Å²) in [5.74, 6) is 0.0927. The number of hydrogen-bond acceptors (Lipinski definition) is 6. The van der Waals surface area contributed by atoms with Gasteiger partial charge in [0, 0.05) is 0 Å². The Morgan fingerprint density at radius 3 is 2.75 bits per heavy atom. The number of hydrogen-bond donors (Lipinski definition) is 1. The lowest BCUT2D eigenvalue weighted by atomic mass is 10.5. The number of halogens is 2. The van der Waals surface area contributed by atoms with Crippen LogP contribution in [0.5, 0.6) is 0 Å². The molecule has 0 aliphatic rings. The van der Waals surface area contributed by atoms with E-state index in [1.807, 2.05) is 6.92 Å². The third kappa shape index (κ3) is 4.15. The zero-order valence-electron chi connectivity index (χ0n) is 8.69. The van der Waals surface area contributed by atoms with Crippen molar-refractivity contribution in [3.63, 3.8) is 0 Å². The Morgan fingerprint density at radius 2 is 2.19 bits per heavy atom. The van der Waals surface area contributed by atoms with Gasteiger partial charge in [0.05, 0.1) is 23.0 Å². The molecule has 2 N–H and O–H groups in total. The number of nitrogens with zero attached hydrogens (tertiary/aromatic N) is 2. The van der Waals surface area contributed by atoms with E-state index < -0.39 is 0 Å². The van der Waals surface area contributed by atoms with Crippen LogP contribution in [0.25, 0.3) is 0 Å². The number of thioether (sulfide) groups is 1. The van der Waals surface area contributed by atoms with Crippen LogP contribution >= 0.6 is 40.1 Å². The van der Waals surface area contributed by atoms with Gasteiger partial charge in [0.25, 0.3) is 0 Å². The van der Waals surface area contributed by atoms with Gasteiger partial charge in [-0.3, -0.25) is 4.79 Å². The second-order valence-electron chi connectivity index (χ2n) is 2.65. The highest BCUT2D eigenvalue weighted by Gasteiger charge is 2.10. The number of carbonyl (C=O) groups excluding carboxylic acids is 1. The van der Waals surface area contributed by atoms with Gasteiger partial charge in [-0.1, -0.05) is 11.8 Å². The van der Waals surface area contributed by atoms with Crippen molar-refractivity contribution in [1.82, 2.24) is 9.97 Å².